The number of aromatic nitrogens is 2. The average Bonchev–Trinajstić information content (AvgIpc) is 3.15. The third-order valence-corrected chi connectivity index (χ3v) is 3.94. The van der Waals surface area contributed by atoms with Crippen molar-refractivity contribution in [1.82, 2.24) is 10.1 Å². The highest BCUT2D eigenvalue weighted by atomic mass is 19.1. The second-order valence-corrected chi connectivity index (χ2v) is 5.93. The molecule has 1 amide bonds. The smallest absolute Gasteiger partial charge is 0.227 e. The van der Waals surface area contributed by atoms with Crippen LogP contribution in [0.4, 0.5) is 10.1 Å². The number of nitrogens with one attached hydrogen (secondary N) is 1. The fourth-order valence-corrected chi connectivity index (χ4v) is 2.67. The third-order valence-electron chi connectivity index (χ3n) is 3.94. The molecule has 0 saturated heterocycles. The zero-order valence-electron chi connectivity index (χ0n) is 14.3. The number of ether oxygens (including phenoxy) is 2. The first-order valence-corrected chi connectivity index (χ1v) is 8.45. The summed E-state index contributed by atoms with van der Waals surface area (Å²) in [6.45, 7) is 0.996. The van der Waals surface area contributed by atoms with Crippen LogP contribution >= 0.6 is 0 Å². The Labute approximate surface area is 154 Å². The number of rotatable bonds is 5. The van der Waals surface area contributed by atoms with E-state index in [1.165, 1.54) is 12.1 Å². The maximum atomic E-state index is 13.3. The summed E-state index contributed by atoms with van der Waals surface area (Å²) in [5.41, 5.74) is 1.14. The van der Waals surface area contributed by atoms with E-state index in [1.54, 1.807) is 30.3 Å². The molecule has 1 aromatic heterocycles. The van der Waals surface area contributed by atoms with Crippen molar-refractivity contribution in [1.29, 1.82) is 0 Å². The number of hydrogen-bond donors (Lipinski definition) is 1. The van der Waals surface area contributed by atoms with Crippen molar-refractivity contribution in [3.63, 3.8) is 0 Å². The Kier molecular flexibility index (Phi) is 4.69. The standard InChI is InChI=1S/C19H16FN3O4/c20-13-3-1-2-12(10-13)19-22-18(27-23-19)7-6-17(24)21-14-4-5-15-16(11-14)26-9-8-25-15/h1-5,10-11H,6-9H2,(H,21,24). The molecule has 0 atom stereocenters. The molecule has 138 valence electrons. The van der Waals surface area contributed by atoms with Crippen LogP contribution in [0.3, 0.4) is 0 Å². The van der Waals surface area contributed by atoms with Gasteiger partial charge in [0.2, 0.25) is 17.6 Å². The summed E-state index contributed by atoms with van der Waals surface area (Å²) in [5, 5.41) is 6.62. The molecule has 0 bridgehead atoms. The monoisotopic (exact) mass is 369 g/mol. The fourth-order valence-electron chi connectivity index (χ4n) is 2.67. The summed E-state index contributed by atoms with van der Waals surface area (Å²) in [7, 11) is 0. The number of hydrogen-bond acceptors (Lipinski definition) is 6. The molecular weight excluding hydrogens is 353 g/mol. The Morgan fingerprint density at radius 2 is 1.96 bits per heavy atom. The molecule has 3 aromatic rings. The van der Waals surface area contributed by atoms with Gasteiger partial charge in [-0.3, -0.25) is 4.79 Å². The van der Waals surface area contributed by atoms with Crippen molar-refractivity contribution in [3.8, 4) is 22.9 Å². The van der Waals surface area contributed by atoms with Crippen molar-refractivity contribution in [3.05, 3.63) is 54.2 Å². The molecule has 8 heteroatoms. The van der Waals surface area contributed by atoms with Gasteiger partial charge in [0, 0.05) is 30.2 Å². The second-order valence-electron chi connectivity index (χ2n) is 5.93. The first-order chi connectivity index (χ1) is 13.2. The van der Waals surface area contributed by atoms with Crippen LogP contribution in [-0.4, -0.2) is 29.3 Å². The Hall–Kier alpha value is -3.42. The molecule has 2 aromatic carbocycles. The van der Waals surface area contributed by atoms with Gasteiger partial charge in [0.05, 0.1) is 0 Å². The van der Waals surface area contributed by atoms with E-state index in [2.05, 4.69) is 15.5 Å². The maximum absolute atomic E-state index is 13.3. The molecule has 27 heavy (non-hydrogen) atoms. The van der Waals surface area contributed by atoms with Crippen molar-refractivity contribution >= 4 is 11.6 Å². The molecule has 1 aliphatic heterocycles. The number of carbonyl (C=O) groups excluding carboxylic acids is 1. The van der Waals surface area contributed by atoms with Crippen LogP contribution in [0, 0.1) is 5.82 Å². The average molecular weight is 369 g/mol. The highest BCUT2D eigenvalue weighted by molar-refractivity contribution is 5.91. The lowest BCUT2D eigenvalue weighted by atomic mass is 10.2. The quantitative estimate of drug-likeness (QED) is 0.743. The summed E-state index contributed by atoms with van der Waals surface area (Å²) in [4.78, 5) is 16.3. The molecular formula is C19H16FN3O4. The molecule has 0 aliphatic carbocycles. The van der Waals surface area contributed by atoms with Gasteiger partial charge in [-0.15, -0.1) is 0 Å². The van der Waals surface area contributed by atoms with Crippen molar-refractivity contribution in [2.75, 3.05) is 18.5 Å². The summed E-state index contributed by atoms with van der Waals surface area (Å²) in [5.74, 6) is 1.30. The van der Waals surface area contributed by atoms with Gasteiger partial charge in [0.25, 0.3) is 0 Å². The summed E-state index contributed by atoms with van der Waals surface area (Å²) in [6, 6.07) is 11.2. The Bertz CT molecular complexity index is 973. The molecule has 7 nitrogen and oxygen atoms in total. The minimum absolute atomic E-state index is 0.166. The normalized spacial score (nSPS) is 12.6. The molecule has 0 unspecified atom stereocenters. The number of anilines is 1. The van der Waals surface area contributed by atoms with E-state index in [0.29, 0.717) is 41.9 Å². The van der Waals surface area contributed by atoms with Crippen LogP contribution in [0.25, 0.3) is 11.4 Å². The van der Waals surface area contributed by atoms with Crippen molar-refractivity contribution in [2.24, 2.45) is 0 Å². The Morgan fingerprint density at radius 3 is 2.81 bits per heavy atom. The van der Waals surface area contributed by atoms with Crippen LogP contribution in [0.2, 0.25) is 0 Å². The number of carbonyl (C=O) groups is 1. The van der Waals surface area contributed by atoms with E-state index < -0.39 is 0 Å². The van der Waals surface area contributed by atoms with E-state index in [4.69, 9.17) is 14.0 Å². The van der Waals surface area contributed by atoms with Gasteiger partial charge in [0.15, 0.2) is 11.5 Å². The molecule has 0 spiro atoms. The second kappa shape index (κ2) is 7.45. The van der Waals surface area contributed by atoms with Crippen molar-refractivity contribution < 1.29 is 23.2 Å². The SMILES string of the molecule is O=C(CCc1nc(-c2cccc(F)c2)no1)Nc1ccc2c(c1)OCCO2. The predicted molar refractivity (Wildman–Crippen MR) is 94.1 cm³/mol. The van der Waals surface area contributed by atoms with Crippen molar-refractivity contribution in [2.45, 2.75) is 12.8 Å². The zero-order chi connectivity index (χ0) is 18.6. The highest BCUT2D eigenvalue weighted by Gasteiger charge is 2.14. The molecule has 0 saturated carbocycles. The predicted octanol–water partition coefficient (Wildman–Crippen LogP) is 3.22. The lowest BCUT2D eigenvalue weighted by molar-refractivity contribution is -0.116. The van der Waals surface area contributed by atoms with Gasteiger partial charge in [-0.05, 0) is 24.3 Å². The maximum Gasteiger partial charge on any atom is 0.227 e. The summed E-state index contributed by atoms with van der Waals surface area (Å²) in [6.07, 6.45) is 0.442. The first-order valence-electron chi connectivity index (χ1n) is 8.45. The van der Waals surface area contributed by atoms with Crippen LogP contribution in [0.15, 0.2) is 47.0 Å². The summed E-state index contributed by atoms with van der Waals surface area (Å²) < 4.78 is 29.3. The van der Waals surface area contributed by atoms with E-state index in [-0.39, 0.29) is 30.4 Å². The third kappa shape index (κ3) is 4.05. The number of benzene rings is 2. The highest BCUT2D eigenvalue weighted by Crippen LogP contribution is 2.32. The van der Waals surface area contributed by atoms with Crippen LogP contribution in [0.5, 0.6) is 11.5 Å². The van der Waals surface area contributed by atoms with Gasteiger partial charge in [0.1, 0.15) is 19.0 Å². The number of aryl methyl sites for hydroxylation is 1. The lowest BCUT2D eigenvalue weighted by Gasteiger charge is -2.18. The summed E-state index contributed by atoms with van der Waals surface area (Å²) >= 11 is 0. The number of halogens is 1. The van der Waals surface area contributed by atoms with Gasteiger partial charge >= 0.3 is 0 Å². The minimum Gasteiger partial charge on any atom is -0.486 e. The fraction of sp³-hybridized carbons (Fsp3) is 0.211. The van der Waals surface area contributed by atoms with Gasteiger partial charge in [-0.2, -0.15) is 4.98 Å². The van der Waals surface area contributed by atoms with E-state index in [1.807, 2.05) is 0 Å². The topological polar surface area (TPSA) is 86.5 Å². The minimum atomic E-state index is -0.377. The molecule has 4 rings (SSSR count). The van der Waals surface area contributed by atoms with Crippen LogP contribution < -0.4 is 14.8 Å². The molecule has 2 heterocycles. The van der Waals surface area contributed by atoms with Gasteiger partial charge < -0.3 is 19.3 Å². The Balaban J connectivity index is 1.34. The zero-order valence-corrected chi connectivity index (χ0v) is 14.3. The number of fused-ring (bicyclic) bond motifs is 1. The van der Waals surface area contributed by atoms with Crippen LogP contribution in [-0.2, 0) is 11.2 Å². The first kappa shape index (κ1) is 17.0. The van der Waals surface area contributed by atoms with E-state index in [0.717, 1.165) is 0 Å². The molecule has 0 fully saturated rings. The van der Waals surface area contributed by atoms with Gasteiger partial charge in [-0.1, -0.05) is 17.3 Å². The van der Waals surface area contributed by atoms with E-state index in [9.17, 15) is 9.18 Å². The molecule has 0 radical (unpaired) electrons. The van der Waals surface area contributed by atoms with Crippen LogP contribution in [0.1, 0.15) is 12.3 Å². The molecule has 1 aliphatic rings. The largest absolute Gasteiger partial charge is 0.486 e. The lowest BCUT2D eigenvalue weighted by Crippen LogP contribution is -2.16. The Morgan fingerprint density at radius 1 is 1.11 bits per heavy atom. The number of amides is 1. The molecule has 1 N–H and O–H groups in total. The van der Waals surface area contributed by atoms with Gasteiger partial charge in [-0.25, -0.2) is 4.39 Å². The number of nitrogens with zero attached hydrogens (tertiary/aromatic N) is 2. The van der Waals surface area contributed by atoms with E-state index >= 15 is 0 Å².